The van der Waals surface area contributed by atoms with E-state index in [0.29, 0.717) is 0 Å². The average Bonchev–Trinajstić information content (AvgIpc) is 3.89. The SMILES string of the molecule is CC.CCN(CC)CC.CCN(CC)CC.c1ccc2c(c1)Cc1c-2c2ccccc2c2ccccc12.c1ccc2c3c(ccc2c1)-c1c(ccc2ccccc12)C3. The zero-order chi connectivity index (χ0) is 41.0. The molecule has 0 spiro atoms. The lowest BCUT2D eigenvalue weighted by Gasteiger charge is -2.13. The normalized spacial score (nSPS) is 11.7. The quantitative estimate of drug-likeness (QED) is 0.156. The summed E-state index contributed by atoms with van der Waals surface area (Å²) in [6.07, 6.45) is 2.10. The van der Waals surface area contributed by atoms with Gasteiger partial charge in [-0.15, -0.1) is 0 Å². The van der Waals surface area contributed by atoms with Crippen LogP contribution in [0.5, 0.6) is 0 Å². The Labute approximate surface area is 349 Å². The first-order valence-electron chi connectivity index (χ1n) is 22.0. The first kappa shape index (κ1) is 42.3. The fourth-order valence-electron chi connectivity index (χ4n) is 8.89. The predicted octanol–water partition coefficient (Wildman–Crippen LogP) is 14.9. The third-order valence-corrected chi connectivity index (χ3v) is 12.1. The van der Waals surface area contributed by atoms with Gasteiger partial charge >= 0.3 is 0 Å². The maximum Gasteiger partial charge on any atom is -0.000705 e. The molecule has 298 valence electrons. The topological polar surface area (TPSA) is 6.48 Å². The summed E-state index contributed by atoms with van der Waals surface area (Å²) >= 11 is 0. The Hall–Kier alpha value is -5.28. The largest absolute Gasteiger partial charge is 0.304 e. The summed E-state index contributed by atoms with van der Waals surface area (Å²) in [6.45, 7) is 24.2. The lowest BCUT2D eigenvalue weighted by Crippen LogP contribution is -2.21. The number of benzene rings is 8. The Morgan fingerprint density at radius 1 is 0.328 bits per heavy atom. The molecule has 0 heterocycles. The Balaban J connectivity index is 0.000000144. The summed E-state index contributed by atoms with van der Waals surface area (Å²) in [5.74, 6) is 0. The van der Waals surface area contributed by atoms with Crippen molar-refractivity contribution in [1.29, 1.82) is 0 Å². The second-order valence-corrected chi connectivity index (χ2v) is 14.8. The minimum Gasteiger partial charge on any atom is -0.304 e. The van der Waals surface area contributed by atoms with E-state index in [4.69, 9.17) is 0 Å². The molecule has 0 aromatic heterocycles. The fraction of sp³-hybridized carbons (Fsp3) is 0.286. The van der Waals surface area contributed by atoms with Crippen LogP contribution in [0, 0.1) is 0 Å². The Bertz CT molecular complexity index is 2550. The zero-order valence-electron chi connectivity index (χ0n) is 36.4. The molecule has 0 fully saturated rings. The average molecular weight is 765 g/mol. The molecule has 0 saturated carbocycles. The van der Waals surface area contributed by atoms with Crippen molar-refractivity contribution in [3.05, 3.63) is 168 Å². The van der Waals surface area contributed by atoms with E-state index >= 15 is 0 Å². The van der Waals surface area contributed by atoms with E-state index < -0.39 is 0 Å². The van der Waals surface area contributed by atoms with Gasteiger partial charge < -0.3 is 9.80 Å². The molecule has 8 aromatic rings. The number of fused-ring (bicyclic) bond motifs is 15. The van der Waals surface area contributed by atoms with Crippen molar-refractivity contribution in [2.24, 2.45) is 0 Å². The van der Waals surface area contributed by atoms with Crippen LogP contribution in [0.1, 0.15) is 77.6 Å². The molecule has 10 rings (SSSR count). The van der Waals surface area contributed by atoms with Gasteiger partial charge in [-0.05, 0) is 140 Å². The highest BCUT2D eigenvalue weighted by molar-refractivity contribution is 6.17. The Morgan fingerprint density at radius 2 is 0.759 bits per heavy atom. The van der Waals surface area contributed by atoms with E-state index in [2.05, 4.69) is 197 Å². The van der Waals surface area contributed by atoms with Gasteiger partial charge in [0.2, 0.25) is 0 Å². The third kappa shape index (κ3) is 8.75. The maximum absolute atomic E-state index is 2.38. The fourth-order valence-corrected chi connectivity index (χ4v) is 8.89. The molecule has 0 N–H and O–H groups in total. The highest BCUT2D eigenvalue weighted by Gasteiger charge is 2.24. The van der Waals surface area contributed by atoms with E-state index in [1.807, 2.05) is 13.8 Å². The maximum atomic E-state index is 2.38. The van der Waals surface area contributed by atoms with Crippen molar-refractivity contribution in [3.63, 3.8) is 0 Å². The zero-order valence-corrected chi connectivity index (χ0v) is 36.4. The summed E-state index contributed by atoms with van der Waals surface area (Å²) in [7, 11) is 0. The van der Waals surface area contributed by atoms with Crippen molar-refractivity contribution in [2.75, 3.05) is 39.3 Å². The Morgan fingerprint density at radius 3 is 1.34 bits per heavy atom. The molecule has 2 heteroatoms. The van der Waals surface area contributed by atoms with Gasteiger partial charge in [0.25, 0.3) is 0 Å². The van der Waals surface area contributed by atoms with E-state index in [1.54, 1.807) is 0 Å². The van der Waals surface area contributed by atoms with E-state index in [0.717, 1.165) is 12.8 Å². The molecule has 0 amide bonds. The summed E-state index contributed by atoms with van der Waals surface area (Å²) in [4.78, 5) is 4.75. The Kier molecular flexibility index (Phi) is 14.9. The van der Waals surface area contributed by atoms with Gasteiger partial charge in [-0.25, -0.2) is 0 Å². The summed E-state index contributed by atoms with van der Waals surface area (Å²) in [5.41, 5.74) is 11.6. The number of rotatable bonds is 6. The lowest BCUT2D eigenvalue weighted by molar-refractivity contribution is 0.321. The van der Waals surface area contributed by atoms with Crippen LogP contribution in [-0.2, 0) is 12.8 Å². The molecule has 0 saturated heterocycles. The first-order valence-corrected chi connectivity index (χ1v) is 22.0. The molecule has 0 radical (unpaired) electrons. The standard InChI is InChI=1S/2C21H14.2C6H15N.C2H6/c1-3-7-17-14(5-1)11-12-19-20(17)13-16-10-9-15-6-2-4-8-18(15)21(16)19;1-2-8-15-14(7-1)13-20-18-11-4-3-9-16(18)17-10-5-6-12-19(17)21(15)20;2*1-4-7(5-2)6-3;1-2/h2*1-12H,13H2;2*4-6H2,1-3H3;1-2H3. The van der Waals surface area contributed by atoms with Gasteiger partial charge in [0.05, 0.1) is 0 Å². The number of nitrogens with zero attached hydrogens (tertiary/aromatic N) is 2. The smallest absolute Gasteiger partial charge is 0.000705 e. The van der Waals surface area contributed by atoms with Gasteiger partial charge in [-0.3, -0.25) is 0 Å². The number of hydrogen-bond acceptors (Lipinski definition) is 2. The first-order chi connectivity index (χ1) is 28.5. The highest BCUT2D eigenvalue weighted by atomic mass is 15.1. The van der Waals surface area contributed by atoms with Crippen molar-refractivity contribution < 1.29 is 0 Å². The van der Waals surface area contributed by atoms with Crippen LogP contribution in [0.15, 0.2) is 146 Å². The van der Waals surface area contributed by atoms with Crippen LogP contribution in [0.2, 0.25) is 0 Å². The van der Waals surface area contributed by atoms with Gasteiger partial charge in [-0.1, -0.05) is 201 Å². The van der Waals surface area contributed by atoms with Crippen LogP contribution in [0.25, 0.3) is 65.3 Å². The highest BCUT2D eigenvalue weighted by Crippen LogP contribution is 2.46. The molecule has 0 aliphatic heterocycles. The van der Waals surface area contributed by atoms with Crippen molar-refractivity contribution >= 4 is 43.1 Å². The minimum atomic E-state index is 1.05. The number of hydrogen-bond donors (Lipinski definition) is 0. The molecule has 58 heavy (non-hydrogen) atoms. The van der Waals surface area contributed by atoms with Crippen molar-refractivity contribution in [3.8, 4) is 22.3 Å². The van der Waals surface area contributed by atoms with Crippen LogP contribution in [0.3, 0.4) is 0 Å². The molecule has 0 atom stereocenters. The molecule has 8 aromatic carbocycles. The van der Waals surface area contributed by atoms with Crippen LogP contribution < -0.4 is 0 Å². The van der Waals surface area contributed by atoms with Gasteiger partial charge in [0.15, 0.2) is 0 Å². The van der Waals surface area contributed by atoms with Gasteiger partial charge in [0, 0.05) is 0 Å². The summed E-state index contributed by atoms with van der Waals surface area (Å²) < 4.78 is 0. The third-order valence-electron chi connectivity index (χ3n) is 12.1. The molecule has 2 aliphatic carbocycles. The molecule has 0 unspecified atom stereocenters. The predicted molar refractivity (Wildman–Crippen MR) is 258 cm³/mol. The van der Waals surface area contributed by atoms with Gasteiger partial charge in [0.1, 0.15) is 0 Å². The summed E-state index contributed by atoms with van der Waals surface area (Å²) in [5, 5.41) is 11.0. The molecule has 2 aliphatic rings. The summed E-state index contributed by atoms with van der Waals surface area (Å²) in [6, 6.07) is 53.0. The second kappa shape index (κ2) is 20.4. The minimum absolute atomic E-state index is 1.05. The molecular weight excluding hydrogens is 701 g/mol. The monoisotopic (exact) mass is 765 g/mol. The van der Waals surface area contributed by atoms with E-state index in [-0.39, 0.29) is 0 Å². The van der Waals surface area contributed by atoms with Gasteiger partial charge in [-0.2, -0.15) is 0 Å². The van der Waals surface area contributed by atoms with Crippen LogP contribution in [-0.4, -0.2) is 49.1 Å². The van der Waals surface area contributed by atoms with Crippen molar-refractivity contribution in [2.45, 2.75) is 68.2 Å². The van der Waals surface area contributed by atoms with E-state index in [9.17, 15) is 0 Å². The van der Waals surface area contributed by atoms with Crippen LogP contribution in [0.4, 0.5) is 0 Å². The molecule has 0 bridgehead atoms. The molecule has 2 nitrogen and oxygen atoms in total. The molecular formula is C56H64N2. The van der Waals surface area contributed by atoms with Crippen LogP contribution >= 0.6 is 0 Å². The van der Waals surface area contributed by atoms with E-state index in [1.165, 1.54) is 127 Å². The second-order valence-electron chi connectivity index (χ2n) is 14.8. The van der Waals surface area contributed by atoms with Crippen molar-refractivity contribution in [1.82, 2.24) is 9.80 Å². The lowest BCUT2D eigenvalue weighted by atomic mass is 9.92.